The lowest BCUT2D eigenvalue weighted by Gasteiger charge is -2.28. The molecule has 0 saturated heterocycles. The third-order valence-electron chi connectivity index (χ3n) is 14.3. The summed E-state index contributed by atoms with van der Waals surface area (Å²) in [5, 5.41) is 6.38. The number of anilines is 3. The van der Waals surface area contributed by atoms with E-state index >= 15 is 0 Å². The van der Waals surface area contributed by atoms with Gasteiger partial charge in [-0.2, -0.15) is 0 Å². The van der Waals surface area contributed by atoms with Gasteiger partial charge in [0, 0.05) is 65.9 Å². The molecule has 13 aromatic rings. The van der Waals surface area contributed by atoms with Crippen LogP contribution in [0.5, 0.6) is 0 Å². The van der Waals surface area contributed by atoms with Crippen LogP contribution in [-0.2, 0) is 5.41 Å². The van der Waals surface area contributed by atoms with Crippen LogP contribution in [0.15, 0.2) is 226 Å². The van der Waals surface area contributed by atoms with Crippen LogP contribution in [0.3, 0.4) is 0 Å². The number of benzene rings is 10. The van der Waals surface area contributed by atoms with Crippen LogP contribution < -0.4 is 4.90 Å². The summed E-state index contributed by atoms with van der Waals surface area (Å²) in [5.74, 6) is 0. The summed E-state index contributed by atoms with van der Waals surface area (Å²) in [4.78, 5) is 2.38. The van der Waals surface area contributed by atoms with E-state index < -0.39 is 0 Å². The van der Waals surface area contributed by atoms with Crippen molar-refractivity contribution in [3.05, 3.63) is 223 Å². The molecule has 1 aliphatic rings. The molecule has 3 heterocycles. The number of hydrogen-bond acceptors (Lipinski definition) is 4. The molecule has 0 unspecified atom stereocenters. The molecule has 0 bridgehead atoms. The molecule has 10 aromatic carbocycles. The van der Waals surface area contributed by atoms with Gasteiger partial charge in [0.1, 0.15) is 33.5 Å². The summed E-state index contributed by atoms with van der Waals surface area (Å²) < 4.78 is 20.2. The quantitative estimate of drug-likeness (QED) is 0.167. The van der Waals surface area contributed by atoms with Crippen LogP contribution in [0.25, 0.3) is 110 Å². The van der Waals surface area contributed by atoms with Crippen molar-refractivity contribution in [1.82, 2.24) is 0 Å². The van der Waals surface area contributed by atoms with Gasteiger partial charge < -0.3 is 18.2 Å². The monoisotopic (exact) mass is 859 g/mol. The lowest BCUT2D eigenvalue weighted by atomic mass is 9.82. The normalized spacial score (nSPS) is 13.0. The summed E-state index contributed by atoms with van der Waals surface area (Å²) in [5.41, 5.74) is 19.9. The van der Waals surface area contributed by atoms with Crippen LogP contribution in [0.4, 0.5) is 17.1 Å². The second-order valence-corrected chi connectivity index (χ2v) is 18.4. The Balaban J connectivity index is 0.971. The Labute approximate surface area is 386 Å². The van der Waals surface area contributed by atoms with E-state index in [1.54, 1.807) is 0 Å². The van der Waals surface area contributed by atoms with E-state index in [0.29, 0.717) is 0 Å². The van der Waals surface area contributed by atoms with Gasteiger partial charge in [-0.25, -0.2) is 0 Å². The van der Waals surface area contributed by atoms with Crippen LogP contribution in [0.1, 0.15) is 25.0 Å². The number of nitrogens with zero attached hydrogens (tertiary/aromatic N) is 1. The average molecular weight is 860 g/mol. The number of para-hydroxylation sites is 3. The van der Waals surface area contributed by atoms with Gasteiger partial charge in [0.25, 0.3) is 0 Å². The van der Waals surface area contributed by atoms with Crippen molar-refractivity contribution in [1.29, 1.82) is 0 Å². The van der Waals surface area contributed by atoms with Crippen molar-refractivity contribution < 1.29 is 13.3 Å². The van der Waals surface area contributed by atoms with E-state index in [0.717, 1.165) is 116 Å². The lowest BCUT2D eigenvalue weighted by molar-refractivity contribution is 0.660. The summed E-state index contributed by atoms with van der Waals surface area (Å²) in [7, 11) is 0. The maximum absolute atomic E-state index is 7.03. The highest BCUT2D eigenvalue weighted by molar-refractivity contribution is 6.24. The van der Waals surface area contributed by atoms with E-state index in [1.165, 1.54) is 22.3 Å². The molecular weight excluding hydrogens is 819 g/mol. The number of fused-ring (bicyclic) bond motifs is 12. The molecule has 3 aromatic heterocycles. The molecule has 0 spiro atoms. The minimum atomic E-state index is -0.167. The first-order valence-corrected chi connectivity index (χ1v) is 23.0. The van der Waals surface area contributed by atoms with Crippen molar-refractivity contribution in [2.75, 3.05) is 4.90 Å². The minimum absolute atomic E-state index is 0.167. The first kappa shape index (κ1) is 37.7. The lowest BCUT2D eigenvalue weighted by Crippen LogP contribution is -2.16. The van der Waals surface area contributed by atoms with Crippen LogP contribution in [-0.4, -0.2) is 0 Å². The Morgan fingerprint density at radius 2 is 0.940 bits per heavy atom. The topological polar surface area (TPSA) is 42.7 Å². The Kier molecular flexibility index (Phi) is 8.00. The first-order chi connectivity index (χ1) is 33.0. The Morgan fingerprint density at radius 1 is 0.328 bits per heavy atom. The predicted octanol–water partition coefficient (Wildman–Crippen LogP) is 18.2. The third-order valence-corrected chi connectivity index (χ3v) is 14.3. The molecular formula is C63H41NO3. The summed E-state index contributed by atoms with van der Waals surface area (Å²) >= 11 is 0. The maximum Gasteiger partial charge on any atom is 0.144 e. The smallest absolute Gasteiger partial charge is 0.144 e. The fourth-order valence-corrected chi connectivity index (χ4v) is 11.0. The molecule has 1 aliphatic carbocycles. The molecule has 14 rings (SSSR count). The van der Waals surface area contributed by atoms with Gasteiger partial charge in [-0.15, -0.1) is 0 Å². The van der Waals surface area contributed by atoms with Gasteiger partial charge in [-0.3, -0.25) is 0 Å². The summed E-state index contributed by atoms with van der Waals surface area (Å²) in [6.45, 7) is 4.68. The van der Waals surface area contributed by atoms with Crippen LogP contribution in [0.2, 0.25) is 0 Å². The van der Waals surface area contributed by atoms with E-state index in [2.05, 4.69) is 207 Å². The second kappa shape index (κ2) is 14.2. The fourth-order valence-electron chi connectivity index (χ4n) is 11.0. The van der Waals surface area contributed by atoms with Gasteiger partial charge in [0.2, 0.25) is 0 Å². The zero-order chi connectivity index (χ0) is 44.4. The van der Waals surface area contributed by atoms with Gasteiger partial charge in [-0.1, -0.05) is 159 Å². The van der Waals surface area contributed by atoms with E-state index in [-0.39, 0.29) is 5.41 Å². The van der Waals surface area contributed by atoms with Crippen molar-refractivity contribution in [3.63, 3.8) is 0 Å². The molecule has 67 heavy (non-hydrogen) atoms. The fraction of sp³-hybridized carbons (Fsp3) is 0.0476. The first-order valence-electron chi connectivity index (χ1n) is 23.0. The maximum atomic E-state index is 7.03. The molecule has 0 saturated carbocycles. The highest BCUT2D eigenvalue weighted by atomic mass is 16.3. The van der Waals surface area contributed by atoms with E-state index in [9.17, 15) is 0 Å². The third kappa shape index (κ3) is 5.66. The number of rotatable bonds is 6. The predicted molar refractivity (Wildman–Crippen MR) is 277 cm³/mol. The largest absolute Gasteiger partial charge is 0.456 e. The van der Waals surface area contributed by atoms with Crippen molar-refractivity contribution in [2.24, 2.45) is 0 Å². The SMILES string of the molecule is CC1(C)c2ccccc2-c2ccc(N(c3ccc(-c4cccc5c4oc4ccccc45)cc3)c3ccc4oc5c(-c6cccc(-c7ccccc7)c6)c6c(cc5c4c3)oc3ccccc36)cc21. The van der Waals surface area contributed by atoms with Gasteiger partial charge >= 0.3 is 0 Å². The summed E-state index contributed by atoms with van der Waals surface area (Å²) in [6.07, 6.45) is 0. The molecule has 0 amide bonds. The molecule has 4 nitrogen and oxygen atoms in total. The zero-order valence-corrected chi connectivity index (χ0v) is 36.9. The van der Waals surface area contributed by atoms with Crippen molar-refractivity contribution >= 4 is 82.9 Å². The molecule has 4 heteroatoms. The highest BCUT2D eigenvalue weighted by Gasteiger charge is 2.36. The van der Waals surface area contributed by atoms with Gasteiger partial charge in [0.05, 0.1) is 0 Å². The standard InChI is InChI=1S/C63H41NO3/c1-63(2)53-23-9-6-18-46(53)47-32-30-44(36-54(47)63)64(42-28-26-39(27-29-42)45-21-13-22-49-48-19-7-10-24-55(48)66-61(45)49)43-31-33-57-51(35-43)52-37-58-60(50-20-8-11-25-56(50)65-58)59(62(52)67-57)41-17-12-16-40(34-41)38-14-4-3-5-15-38/h3-37H,1-2H3. The number of hydrogen-bond donors (Lipinski definition) is 0. The Hall–Kier alpha value is -8.60. The Bertz CT molecular complexity index is 4130. The molecule has 0 fully saturated rings. The molecule has 0 atom stereocenters. The molecule has 0 N–H and O–H groups in total. The number of furan rings is 3. The van der Waals surface area contributed by atoms with Crippen molar-refractivity contribution in [2.45, 2.75) is 19.3 Å². The Morgan fingerprint density at radius 3 is 1.81 bits per heavy atom. The van der Waals surface area contributed by atoms with Gasteiger partial charge in [0.15, 0.2) is 0 Å². The minimum Gasteiger partial charge on any atom is -0.456 e. The second-order valence-electron chi connectivity index (χ2n) is 18.4. The van der Waals surface area contributed by atoms with Gasteiger partial charge in [-0.05, 0) is 111 Å². The van der Waals surface area contributed by atoms with Crippen LogP contribution in [0, 0.1) is 0 Å². The molecule has 0 radical (unpaired) electrons. The van der Waals surface area contributed by atoms with Crippen LogP contribution >= 0.6 is 0 Å². The van der Waals surface area contributed by atoms with Crippen molar-refractivity contribution in [3.8, 4) is 44.5 Å². The summed E-state index contributed by atoms with van der Waals surface area (Å²) in [6, 6.07) is 75.8. The molecule has 0 aliphatic heterocycles. The highest BCUT2D eigenvalue weighted by Crippen LogP contribution is 2.52. The average Bonchev–Trinajstić information content (AvgIpc) is 4.12. The zero-order valence-electron chi connectivity index (χ0n) is 36.9. The van der Waals surface area contributed by atoms with E-state index in [4.69, 9.17) is 13.3 Å². The van der Waals surface area contributed by atoms with E-state index in [1.807, 2.05) is 24.3 Å². The molecule has 316 valence electrons.